The Morgan fingerprint density at radius 2 is 2.15 bits per heavy atom. The maximum Gasteiger partial charge on any atom is 0.276 e. The Bertz CT molecular complexity index is 946. The lowest BCUT2D eigenvalue weighted by Crippen LogP contribution is -2.25. The van der Waals surface area contributed by atoms with Gasteiger partial charge >= 0.3 is 0 Å². The number of H-pyrrole nitrogens is 1. The first kappa shape index (κ1) is 18.1. The van der Waals surface area contributed by atoms with Crippen molar-refractivity contribution in [1.82, 2.24) is 30.3 Å². The van der Waals surface area contributed by atoms with Crippen LogP contribution in [0.25, 0.3) is 11.4 Å². The van der Waals surface area contributed by atoms with Crippen LogP contribution in [0.15, 0.2) is 24.3 Å². The van der Waals surface area contributed by atoms with Gasteiger partial charge in [0.1, 0.15) is 5.82 Å². The average molecular weight is 374 g/mol. The molecule has 9 heteroatoms. The number of hydrogen-bond acceptors (Lipinski definition) is 5. The predicted molar refractivity (Wildman–Crippen MR) is 100 cm³/mol. The van der Waals surface area contributed by atoms with Crippen LogP contribution in [0.3, 0.4) is 0 Å². The van der Waals surface area contributed by atoms with E-state index in [9.17, 15) is 4.79 Å². The standard InChI is InChI=1S/C17H19N7O.ClH/c1-10-20-23-16(24(10)2)11-4-3-5-12(8-11)19-17(25)15-13-9-18-7-6-14(13)21-22-15;/h3-5,8,18H,6-7,9H2,1-2H3,(H,19,25)(H,21,22);1H. The minimum absolute atomic E-state index is 0. The minimum Gasteiger partial charge on any atom is -0.321 e. The van der Waals surface area contributed by atoms with E-state index in [2.05, 4.69) is 31.0 Å². The molecule has 26 heavy (non-hydrogen) atoms. The van der Waals surface area contributed by atoms with E-state index in [-0.39, 0.29) is 18.3 Å². The number of rotatable bonds is 3. The molecule has 3 heterocycles. The predicted octanol–water partition coefficient (Wildman–Crippen LogP) is 1.83. The lowest BCUT2D eigenvalue weighted by atomic mass is 10.1. The van der Waals surface area contributed by atoms with Gasteiger partial charge in [0.25, 0.3) is 5.91 Å². The Kier molecular flexibility index (Phi) is 5.06. The summed E-state index contributed by atoms with van der Waals surface area (Å²) in [6.45, 7) is 3.46. The van der Waals surface area contributed by atoms with Crippen molar-refractivity contribution >= 4 is 24.0 Å². The maximum atomic E-state index is 12.6. The number of fused-ring (bicyclic) bond motifs is 1. The molecule has 3 N–H and O–H groups in total. The SMILES string of the molecule is Cc1nnc(-c2cccc(NC(=O)c3n[nH]c4c3CNCC4)c2)n1C.Cl. The second-order valence-electron chi connectivity index (χ2n) is 6.12. The third kappa shape index (κ3) is 3.21. The van der Waals surface area contributed by atoms with E-state index in [1.54, 1.807) is 0 Å². The number of halogens is 1. The molecule has 4 rings (SSSR count). The molecule has 1 aliphatic heterocycles. The van der Waals surface area contributed by atoms with Gasteiger partial charge in [-0.2, -0.15) is 5.10 Å². The normalized spacial score (nSPS) is 13.0. The maximum absolute atomic E-state index is 12.6. The zero-order valence-corrected chi connectivity index (χ0v) is 15.4. The Balaban J connectivity index is 0.00000196. The third-order valence-electron chi connectivity index (χ3n) is 4.49. The van der Waals surface area contributed by atoms with Gasteiger partial charge in [0.2, 0.25) is 0 Å². The second-order valence-corrected chi connectivity index (χ2v) is 6.12. The van der Waals surface area contributed by atoms with Gasteiger partial charge in [-0.15, -0.1) is 22.6 Å². The molecule has 2 aromatic heterocycles. The van der Waals surface area contributed by atoms with Gasteiger partial charge in [-0.25, -0.2) is 0 Å². The number of amides is 1. The number of aryl methyl sites for hydroxylation is 1. The van der Waals surface area contributed by atoms with Crippen molar-refractivity contribution in [1.29, 1.82) is 0 Å². The smallest absolute Gasteiger partial charge is 0.276 e. The van der Waals surface area contributed by atoms with Gasteiger partial charge in [0.05, 0.1) is 0 Å². The van der Waals surface area contributed by atoms with E-state index in [4.69, 9.17) is 0 Å². The first-order valence-corrected chi connectivity index (χ1v) is 8.18. The van der Waals surface area contributed by atoms with E-state index in [0.717, 1.165) is 41.4 Å². The highest BCUT2D eigenvalue weighted by molar-refractivity contribution is 6.04. The van der Waals surface area contributed by atoms with E-state index in [1.807, 2.05) is 42.8 Å². The number of aromatic amines is 1. The minimum atomic E-state index is -0.215. The van der Waals surface area contributed by atoms with Crippen LogP contribution in [0.5, 0.6) is 0 Å². The van der Waals surface area contributed by atoms with Gasteiger partial charge in [-0.1, -0.05) is 12.1 Å². The Morgan fingerprint density at radius 3 is 2.92 bits per heavy atom. The van der Waals surface area contributed by atoms with Crippen LogP contribution >= 0.6 is 12.4 Å². The van der Waals surface area contributed by atoms with E-state index in [0.29, 0.717) is 17.9 Å². The van der Waals surface area contributed by atoms with Crippen LogP contribution in [0.2, 0.25) is 0 Å². The number of carbonyl (C=O) groups is 1. The highest BCUT2D eigenvalue weighted by atomic mass is 35.5. The summed E-state index contributed by atoms with van der Waals surface area (Å²) in [5, 5.41) is 21.6. The first-order chi connectivity index (χ1) is 12.1. The molecule has 0 spiro atoms. The van der Waals surface area contributed by atoms with Crippen LogP contribution in [0.1, 0.15) is 27.6 Å². The van der Waals surface area contributed by atoms with Crippen molar-refractivity contribution in [2.45, 2.75) is 19.9 Å². The molecular weight excluding hydrogens is 354 g/mol. The van der Waals surface area contributed by atoms with Crippen molar-refractivity contribution in [2.75, 3.05) is 11.9 Å². The average Bonchev–Trinajstić information content (AvgIpc) is 3.19. The Morgan fingerprint density at radius 1 is 1.31 bits per heavy atom. The fourth-order valence-corrected chi connectivity index (χ4v) is 3.00. The van der Waals surface area contributed by atoms with Crippen molar-refractivity contribution in [3.8, 4) is 11.4 Å². The number of nitrogens with zero attached hydrogens (tertiary/aromatic N) is 4. The molecule has 0 radical (unpaired) electrons. The number of benzene rings is 1. The van der Waals surface area contributed by atoms with Crippen LogP contribution in [0.4, 0.5) is 5.69 Å². The monoisotopic (exact) mass is 373 g/mol. The molecule has 0 atom stereocenters. The third-order valence-corrected chi connectivity index (χ3v) is 4.49. The van der Waals surface area contributed by atoms with Crippen molar-refractivity contribution in [3.05, 3.63) is 47.0 Å². The molecule has 3 aromatic rings. The summed E-state index contributed by atoms with van der Waals surface area (Å²) in [5.74, 6) is 1.38. The lowest BCUT2D eigenvalue weighted by Gasteiger charge is -2.13. The fourth-order valence-electron chi connectivity index (χ4n) is 3.00. The van der Waals surface area contributed by atoms with Crippen LogP contribution in [-0.4, -0.2) is 37.4 Å². The van der Waals surface area contributed by atoms with Gasteiger partial charge in [-0.05, 0) is 19.1 Å². The zero-order chi connectivity index (χ0) is 17.4. The zero-order valence-electron chi connectivity index (χ0n) is 14.5. The second kappa shape index (κ2) is 7.27. The number of hydrogen-bond donors (Lipinski definition) is 3. The summed E-state index contributed by atoms with van der Waals surface area (Å²) in [6, 6.07) is 7.57. The van der Waals surface area contributed by atoms with Crippen molar-refractivity contribution in [3.63, 3.8) is 0 Å². The molecule has 1 amide bonds. The molecule has 0 bridgehead atoms. The van der Waals surface area contributed by atoms with Gasteiger partial charge in [0.15, 0.2) is 11.5 Å². The van der Waals surface area contributed by atoms with E-state index < -0.39 is 0 Å². The molecule has 0 saturated heterocycles. The summed E-state index contributed by atoms with van der Waals surface area (Å²) >= 11 is 0. The fraction of sp³-hybridized carbons (Fsp3) is 0.294. The van der Waals surface area contributed by atoms with Crippen molar-refractivity contribution in [2.24, 2.45) is 7.05 Å². The first-order valence-electron chi connectivity index (χ1n) is 8.18. The van der Waals surface area contributed by atoms with Crippen molar-refractivity contribution < 1.29 is 4.79 Å². The van der Waals surface area contributed by atoms with Gasteiger partial charge < -0.3 is 15.2 Å². The molecule has 0 unspecified atom stereocenters. The van der Waals surface area contributed by atoms with E-state index in [1.165, 1.54) is 0 Å². The van der Waals surface area contributed by atoms with E-state index >= 15 is 0 Å². The largest absolute Gasteiger partial charge is 0.321 e. The highest BCUT2D eigenvalue weighted by Gasteiger charge is 2.21. The quantitative estimate of drug-likeness (QED) is 0.650. The van der Waals surface area contributed by atoms with Crippen LogP contribution in [0, 0.1) is 6.92 Å². The lowest BCUT2D eigenvalue weighted by molar-refractivity contribution is 0.102. The molecule has 0 aliphatic carbocycles. The van der Waals surface area contributed by atoms with Crippen LogP contribution < -0.4 is 10.6 Å². The number of aromatic nitrogens is 5. The van der Waals surface area contributed by atoms with Gasteiger partial charge in [0, 0.05) is 49.1 Å². The molecule has 0 saturated carbocycles. The molecule has 8 nitrogen and oxygen atoms in total. The Labute approximate surface area is 156 Å². The highest BCUT2D eigenvalue weighted by Crippen LogP contribution is 2.22. The molecule has 1 aliphatic rings. The summed E-state index contributed by atoms with van der Waals surface area (Å²) in [4.78, 5) is 12.6. The molecule has 1 aromatic carbocycles. The summed E-state index contributed by atoms with van der Waals surface area (Å²) < 4.78 is 1.91. The summed E-state index contributed by atoms with van der Waals surface area (Å²) in [5.41, 5.74) is 4.02. The number of nitrogens with one attached hydrogen (secondary N) is 3. The summed E-state index contributed by atoms with van der Waals surface area (Å²) in [7, 11) is 1.92. The molecule has 136 valence electrons. The topological polar surface area (TPSA) is 101 Å². The molecule has 0 fully saturated rings. The summed E-state index contributed by atoms with van der Waals surface area (Å²) in [6.07, 6.45) is 0.858. The molecular formula is C17H20ClN7O. The Hall–Kier alpha value is -2.71. The van der Waals surface area contributed by atoms with Crippen LogP contribution in [-0.2, 0) is 20.0 Å². The number of anilines is 1. The van der Waals surface area contributed by atoms with Gasteiger partial charge in [-0.3, -0.25) is 9.89 Å². The number of carbonyl (C=O) groups excluding carboxylic acids is 1.